The molecule has 88 valence electrons. The Bertz CT molecular complexity index is 339. The second kappa shape index (κ2) is 5.77. The van der Waals surface area contributed by atoms with E-state index in [4.69, 9.17) is 19.4 Å². The maximum atomic E-state index is 8.68. The summed E-state index contributed by atoms with van der Waals surface area (Å²) < 4.78 is 9.97. The van der Waals surface area contributed by atoms with Gasteiger partial charge in [-0.25, -0.2) is 0 Å². The third-order valence-electron chi connectivity index (χ3n) is 2.13. The molecule has 0 saturated carbocycles. The molecule has 0 aliphatic heterocycles. The number of rotatable bonds is 5. The van der Waals surface area contributed by atoms with Crippen LogP contribution in [0.5, 0.6) is 11.5 Å². The third kappa shape index (κ3) is 3.75. The number of hydrogen-bond donors (Lipinski definition) is 2. The number of ether oxygens (including phenoxy) is 1. The van der Waals surface area contributed by atoms with Gasteiger partial charge in [0, 0.05) is 6.07 Å². The van der Waals surface area contributed by atoms with Crippen LogP contribution in [0.2, 0.25) is 0 Å². The molecule has 0 aliphatic rings. The summed E-state index contributed by atoms with van der Waals surface area (Å²) in [4.78, 5) is 0. The highest BCUT2D eigenvalue weighted by molar-refractivity contribution is 6.33. The molecule has 0 atom stereocenters. The fraction of sp³-hybridized carbons (Fsp3) is 0.455. The zero-order valence-electron chi connectivity index (χ0n) is 9.80. The zero-order chi connectivity index (χ0) is 12.1. The van der Waals surface area contributed by atoms with Crippen LogP contribution >= 0.6 is 0 Å². The Balaban J connectivity index is 2.88. The van der Waals surface area contributed by atoms with Crippen molar-refractivity contribution in [2.45, 2.75) is 20.3 Å². The molecule has 0 amide bonds. The second-order valence-corrected chi connectivity index (χ2v) is 4.02. The van der Waals surface area contributed by atoms with Gasteiger partial charge in [-0.3, -0.25) is 0 Å². The quantitative estimate of drug-likeness (QED) is 0.738. The van der Waals surface area contributed by atoms with Crippen LogP contribution in [0.4, 0.5) is 0 Å². The van der Waals surface area contributed by atoms with Crippen molar-refractivity contribution in [3.8, 4) is 11.5 Å². The van der Waals surface area contributed by atoms with Crippen molar-refractivity contribution in [1.29, 1.82) is 0 Å². The van der Waals surface area contributed by atoms with Crippen LogP contribution in [-0.2, 0) is 6.42 Å². The summed E-state index contributed by atoms with van der Waals surface area (Å²) in [6, 6.07) is 5.22. The number of hydrogen-bond acceptors (Lipinski definition) is 4. The number of benzene rings is 1. The summed E-state index contributed by atoms with van der Waals surface area (Å²) >= 11 is 0. The van der Waals surface area contributed by atoms with Crippen molar-refractivity contribution in [2.75, 3.05) is 7.11 Å². The summed E-state index contributed by atoms with van der Waals surface area (Å²) in [5.41, 5.74) is 1.08. The van der Waals surface area contributed by atoms with E-state index >= 15 is 0 Å². The summed E-state index contributed by atoms with van der Waals surface area (Å²) in [6.07, 6.45) is 0.908. The smallest absolute Gasteiger partial charge is 0.512 e. The molecule has 0 fully saturated rings. The molecular weight excluding hydrogens is 207 g/mol. The lowest BCUT2D eigenvalue weighted by molar-refractivity contribution is 0.287. The summed E-state index contributed by atoms with van der Waals surface area (Å²) in [5, 5.41) is 17.4. The van der Waals surface area contributed by atoms with Crippen molar-refractivity contribution in [3.63, 3.8) is 0 Å². The minimum atomic E-state index is -1.80. The van der Waals surface area contributed by atoms with E-state index in [1.807, 2.05) is 6.07 Å². The van der Waals surface area contributed by atoms with E-state index in [-0.39, 0.29) is 0 Å². The highest BCUT2D eigenvalue weighted by Crippen LogP contribution is 2.26. The maximum absolute atomic E-state index is 8.68. The fourth-order valence-corrected chi connectivity index (χ4v) is 1.53. The Labute approximate surface area is 96.0 Å². The third-order valence-corrected chi connectivity index (χ3v) is 2.13. The molecule has 0 aromatic heterocycles. The van der Waals surface area contributed by atoms with E-state index in [0.29, 0.717) is 17.4 Å². The van der Waals surface area contributed by atoms with Crippen molar-refractivity contribution in [1.82, 2.24) is 0 Å². The molecule has 1 aromatic carbocycles. The van der Waals surface area contributed by atoms with Gasteiger partial charge in [-0.2, -0.15) is 0 Å². The topological polar surface area (TPSA) is 58.9 Å². The molecule has 0 unspecified atom stereocenters. The Morgan fingerprint density at radius 1 is 1.31 bits per heavy atom. The Hall–Kier alpha value is -1.20. The van der Waals surface area contributed by atoms with Crippen molar-refractivity contribution >= 4 is 7.32 Å². The first-order valence-corrected chi connectivity index (χ1v) is 5.22. The van der Waals surface area contributed by atoms with Crippen LogP contribution in [0.3, 0.4) is 0 Å². The van der Waals surface area contributed by atoms with Gasteiger partial charge in [-0.1, -0.05) is 19.9 Å². The molecule has 0 heterocycles. The monoisotopic (exact) mass is 224 g/mol. The minimum absolute atomic E-state index is 0.374. The predicted octanol–water partition coefficient (Wildman–Crippen LogP) is 1.24. The van der Waals surface area contributed by atoms with Crippen LogP contribution in [-0.4, -0.2) is 24.5 Å². The average Bonchev–Trinajstić information content (AvgIpc) is 2.18. The number of methoxy groups -OCH3 is 1. The summed E-state index contributed by atoms with van der Waals surface area (Å²) in [7, 11) is -0.223. The van der Waals surface area contributed by atoms with Crippen molar-refractivity contribution in [2.24, 2.45) is 5.92 Å². The molecule has 5 heteroatoms. The van der Waals surface area contributed by atoms with Gasteiger partial charge in [-0.05, 0) is 24.0 Å². The lowest BCUT2D eigenvalue weighted by Crippen LogP contribution is -2.20. The molecule has 0 aliphatic carbocycles. The predicted molar refractivity (Wildman–Crippen MR) is 62.4 cm³/mol. The zero-order valence-corrected chi connectivity index (χ0v) is 9.80. The highest BCUT2D eigenvalue weighted by atomic mass is 16.6. The van der Waals surface area contributed by atoms with Crippen LogP contribution in [0, 0.1) is 5.92 Å². The summed E-state index contributed by atoms with van der Waals surface area (Å²) in [6.45, 7) is 4.25. The maximum Gasteiger partial charge on any atom is 0.707 e. The van der Waals surface area contributed by atoms with E-state index in [9.17, 15) is 0 Å². The Kier molecular flexibility index (Phi) is 4.64. The molecule has 0 radical (unpaired) electrons. The van der Waals surface area contributed by atoms with Gasteiger partial charge < -0.3 is 19.4 Å². The van der Waals surface area contributed by atoms with Crippen LogP contribution in [0.25, 0.3) is 0 Å². The standard InChI is InChI=1S/C11H17BO4/c1-8(2)6-9-4-5-10(16-12(13)14)7-11(9)15-3/h4-5,7-8,13-14H,6H2,1-3H3. The fourth-order valence-electron chi connectivity index (χ4n) is 1.53. The lowest BCUT2D eigenvalue weighted by Gasteiger charge is -2.12. The summed E-state index contributed by atoms with van der Waals surface area (Å²) in [5.74, 6) is 1.61. The normalized spacial score (nSPS) is 10.4. The van der Waals surface area contributed by atoms with E-state index < -0.39 is 7.32 Å². The van der Waals surface area contributed by atoms with Gasteiger partial charge in [0.15, 0.2) is 0 Å². The molecule has 4 nitrogen and oxygen atoms in total. The van der Waals surface area contributed by atoms with Gasteiger partial charge in [0.25, 0.3) is 0 Å². The molecule has 0 saturated heterocycles. The van der Waals surface area contributed by atoms with Gasteiger partial charge in [-0.15, -0.1) is 0 Å². The van der Waals surface area contributed by atoms with E-state index in [0.717, 1.165) is 12.0 Å². The van der Waals surface area contributed by atoms with E-state index in [2.05, 4.69) is 13.8 Å². The molecule has 0 spiro atoms. The van der Waals surface area contributed by atoms with Gasteiger partial charge >= 0.3 is 7.32 Å². The average molecular weight is 224 g/mol. The van der Waals surface area contributed by atoms with Crippen LogP contribution in [0.1, 0.15) is 19.4 Å². The van der Waals surface area contributed by atoms with Crippen LogP contribution < -0.4 is 9.39 Å². The second-order valence-electron chi connectivity index (χ2n) is 4.02. The van der Waals surface area contributed by atoms with Crippen molar-refractivity contribution < 1.29 is 19.4 Å². The molecule has 0 bridgehead atoms. The molecular formula is C11H17BO4. The van der Waals surface area contributed by atoms with Crippen molar-refractivity contribution in [3.05, 3.63) is 23.8 Å². The van der Waals surface area contributed by atoms with Crippen LogP contribution in [0.15, 0.2) is 18.2 Å². The van der Waals surface area contributed by atoms with Gasteiger partial charge in [0.1, 0.15) is 11.5 Å². The molecule has 1 rings (SSSR count). The Morgan fingerprint density at radius 3 is 2.50 bits per heavy atom. The molecule has 1 aromatic rings. The molecule has 2 N–H and O–H groups in total. The van der Waals surface area contributed by atoms with Gasteiger partial charge in [0.05, 0.1) is 7.11 Å². The van der Waals surface area contributed by atoms with E-state index in [1.165, 1.54) is 0 Å². The highest BCUT2D eigenvalue weighted by Gasteiger charge is 2.13. The first kappa shape index (κ1) is 12.9. The Morgan fingerprint density at radius 2 is 2.00 bits per heavy atom. The van der Waals surface area contributed by atoms with Gasteiger partial charge in [0.2, 0.25) is 0 Å². The lowest BCUT2D eigenvalue weighted by atomic mass is 10.0. The van der Waals surface area contributed by atoms with E-state index in [1.54, 1.807) is 19.2 Å². The SMILES string of the molecule is COc1cc(OB(O)O)ccc1CC(C)C. The first-order valence-electron chi connectivity index (χ1n) is 5.22. The first-order chi connectivity index (χ1) is 7.52. The molecule has 16 heavy (non-hydrogen) atoms. The minimum Gasteiger partial charge on any atom is -0.512 e. The largest absolute Gasteiger partial charge is 0.707 e.